The molecule has 1 unspecified atom stereocenters. The normalized spacial score (nSPS) is 12.2. The number of carbonyl (C=O) groups excluding carboxylic acids is 2. The number of nitrogens with one attached hydrogen (secondary N) is 1. The topological polar surface area (TPSA) is 93.9 Å². The lowest BCUT2D eigenvalue weighted by Gasteiger charge is -2.22. The van der Waals surface area contributed by atoms with Crippen LogP contribution in [-0.2, 0) is 6.42 Å². The summed E-state index contributed by atoms with van der Waals surface area (Å²) in [5, 5.41) is 3.06. The number of aryl methyl sites for hydroxylation is 1. The number of benzene rings is 2. The van der Waals surface area contributed by atoms with Crippen LogP contribution in [0.4, 0.5) is 0 Å². The molecule has 0 aliphatic carbocycles. The molecule has 4 rings (SSSR count). The van der Waals surface area contributed by atoms with Crippen LogP contribution in [0.25, 0.3) is 10.4 Å². The molecule has 4 aromatic rings. The van der Waals surface area contributed by atoms with E-state index >= 15 is 0 Å². The van der Waals surface area contributed by atoms with Gasteiger partial charge in [-0.05, 0) is 35.4 Å². The summed E-state index contributed by atoms with van der Waals surface area (Å²) in [4.78, 5) is 47.7. The van der Waals surface area contributed by atoms with Gasteiger partial charge in [-0.3, -0.25) is 19.0 Å². The van der Waals surface area contributed by atoms with E-state index in [1.165, 1.54) is 4.57 Å². The highest BCUT2D eigenvalue weighted by Gasteiger charge is 2.24. The van der Waals surface area contributed by atoms with E-state index in [9.17, 15) is 14.4 Å². The van der Waals surface area contributed by atoms with Gasteiger partial charge in [0.05, 0.1) is 22.1 Å². The fourth-order valence-electron chi connectivity index (χ4n) is 4.09. The molecule has 0 saturated carbocycles. The molecule has 7 nitrogen and oxygen atoms in total. The lowest BCUT2D eigenvalue weighted by Crippen LogP contribution is -2.35. The molecule has 1 amide bonds. The van der Waals surface area contributed by atoms with Crippen molar-refractivity contribution in [1.82, 2.24) is 19.9 Å². The lowest BCUT2D eigenvalue weighted by molar-refractivity contribution is 0.0822. The molecular weight excluding hydrogens is 484 g/mol. The molecule has 37 heavy (non-hydrogen) atoms. The molecule has 2 aromatic heterocycles. The molecule has 190 valence electrons. The molecule has 2 aromatic carbocycles. The maximum Gasteiger partial charge on any atom is 0.273 e. The Balaban J connectivity index is 1.66. The van der Waals surface area contributed by atoms with Crippen molar-refractivity contribution in [1.29, 1.82) is 0 Å². The Morgan fingerprint density at radius 3 is 2.35 bits per heavy atom. The van der Waals surface area contributed by atoms with Crippen molar-refractivity contribution < 1.29 is 9.59 Å². The zero-order valence-electron chi connectivity index (χ0n) is 21.4. The molecule has 0 radical (unpaired) electrons. The average molecular weight is 515 g/mol. The molecule has 8 heteroatoms. The van der Waals surface area contributed by atoms with E-state index in [2.05, 4.69) is 15.3 Å². The summed E-state index contributed by atoms with van der Waals surface area (Å²) in [5.74, 6) is -0.806. The van der Waals surface area contributed by atoms with E-state index in [1.807, 2.05) is 87.8 Å². The number of thiazole rings is 1. The van der Waals surface area contributed by atoms with Crippen molar-refractivity contribution in [2.24, 2.45) is 5.41 Å². The van der Waals surface area contributed by atoms with Crippen LogP contribution in [0, 0.1) is 12.3 Å². The summed E-state index contributed by atoms with van der Waals surface area (Å²) in [6.07, 6.45) is 1.88. The van der Waals surface area contributed by atoms with Crippen molar-refractivity contribution in [2.75, 3.05) is 0 Å². The Bertz CT molecular complexity index is 1450. The van der Waals surface area contributed by atoms with Crippen LogP contribution < -0.4 is 10.9 Å². The average Bonchev–Trinajstić information content (AvgIpc) is 3.29. The first-order valence-electron chi connectivity index (χ1n) is 12.1. The van der Waals surface area contributed by atoms with Gasteiger partial charge in [-0.2, -0.15) is 4.98 Å². The van der Waals surface area contributed by atoms with Gasteiger partial charge < -0.3 is 5.32 Å². The Kier molecular flexibility index (Phi) is 7.78. The van der Waals surface area contributed by atoms with Crippen LogP contribution in [0.3, 0.4) is 0 Å². The van der Waals surface area contributed by atoms with Gasteiger partial charge >= 0.3 is 0 Å². The maximum absolute atomic E-state index is 13.5. The molecule has 0 fully saturated rings. The number of hydrogen-bond donors (Lipinski definition) is 1. The van der Waals surface area contributed by atoms with Crippen molar-refractivity contribution >= 4 is 23.2 Å². The van der Waals surface area contributed by atoms with Crippen molar-refractivity contribution in [2.45, 2.75) is 46.6 Å². The number of carbonyl (C=O) groups is 2. The smallest absolute Gasteiger partial charge is 0.273 e. The summed E-state index contributed by atoms with van der Waals surface area (Å²) >= 11 is 1.59. The van der Waals surface area contributed by atoms with E-state index in [4.69, 9.17) is 0 Å². The van der Waals surface area contributed by atoms with Gasteiger partial charge in [0.25, 0.3) is 11.5 Å². The van der Waals surface area contributed by atoms with E-state index < -0.39 is 11.5 Å². The fraction of sp³-hybridized carbons (Fsp3) is 0.276. The van der Waals surface area contributed by atoms with Crippen molar-refractivity contribution in [3.05, 3.63) is 105 Å². The van der Waals surface area contributed by atoms with Gasteiger partial charge in [-0.25, -0.2) is 4.98 Å². The minimum atomic E-state index is -0.575. The van der Waals surface area contributed by atoms with Crippen LogP contribution in [0.1, 0.15) is 65.3 Å². The molecule has 0 saturated heterocycles. The third kappa shape index (κ3) is 6.65. The van der Waals surface area contributed by atoms with Gasteiger partial charge in [-0.15, -0.1) is 11.3 Å². The minimum Gasteiger partial charge on any atom is -0.344 e. The fourth-order valence-corrected chi connectivity index (χ4v) is 4.90. The van der Waals surface area contributed by atoms with E-state index in [0.717, 1.165) is 39.7 Å². The van der Waals surface area contributed by atoms with Gasteiger partial charge in [0.15, 0.2) is 0 Å². The van der Waals surface area contributed by atoms with Crippen LogP contribution in [0.5, 0.6) is 0 Å². The first-order valence-corrected chi connectivity index (χ1v) is 13.0. The maximum atomic E-state index is 13.5. The predicted octanol–water partition coefficient (Wildman–Crippen LogP) is 5.47. The second kappa shape index (κ2) is 11.0. The van der Waals surface area contributed by atoms with Crippen LogP contribution in [0.2, 0.25) is 0 Å². The highest BCUT2D eigenvalue weighted by atomic mass is 32.1. The summed E-state index contributed by atoms with van der Waals surface area (Å²) in [5.41, 5.74) is 4.93. The number of hydrogen-bond acceptors (Lipinski definition) is 6. The third-order valence-corrected chi connectivity index (χ3v) is 6.89. The first-order chi connectivity index (χ1) is 17.6. The number of nitrogens with zero attached hydrogens (tertiary/aromatic N) is 3. The molecule has 1 atom stereocenters. The highest BCUT2D eigenvalue weighted by Crippen LogP contribution is 2.29. The van der Waals surface area contributed by atoms with Gasteiger partial charge in [0, 0.05) is 12.5 Å². The van der Waals surface area contributed by atoms with Crippen molar-refractivity contribution in [3.8, 4) is 10.4 Å². The van der Waals surface area contributed by atoms with Gasteiger partial charge in [0.1, 0.15) is 12.0 Å². The lowest BCUT2D eigenvalue weighted by atomic mass is 9.92. The number of aromatic nitrogens is 3. The van der Waals surface area contributed by atoms with E-state index in [-0.39, 0.29) is 29.5 Å². The second-order valence-electron chi connectivity index (χ2n) is 10.2. The largest absolute Gasteiger partial charge is 0.344 e. The second-order valence-corrected chi connectivity index (χ2v) is 11.1. The zero-order chi connectivity index (χ0) is 26.6. The molecule has 0 spiro atoms. The van der Waals surface area contributed by atoms with E-state index in [0.29, 0.717) is 6.42 Å². The van der Waals surface area contributed by atoms with Gasteiger partial charge in [-0.1, -0.05) is 75.4 Å². The van der Waals surface area contributed by atoms with E-state index in [1.54, 1.807) is 11.3 Å². The molecule has 0 bridgehead atoms. The first kappa shape index (κ1) is 26.2. The highest BCUT2D eigenvalue weighted by molar-refractivity contribution is 7.13. The Labute approximate surface area is 220 Å². The molecule has 0 aliphatic heterocycles. The summed E-state index contributed by atoms with van der Waals surface area (Å²) in [6, 6.07) is 18.6. The predicted molar refractivity (Wildman–Crippen MR) is 146 cm³/mol. The minimum absolute atomic E-state index is 0.0239. The summed E-state index contributed by atoms with van der Waals surface area (Å²) in [7, 11) is 0. The molecule has 2 heterocycles. The van der Waals surface area contributed by atoms with Crippen LogP contribution in [0.15, 0.2) is 77.3 Å². The summed E-state index contributed by atoms with van der Waals surface area (Å²) < 4.78 is 1.18. The number of amides is 1. The Morgan fingerprint density at radius 1 is 1.03 bits per heavy atom. The standard InChI is InChI=1S/C29H30N4O3S/c1-19-27(37-18-31-19)22-12-10-21(11-13-22)23(14-20-8-6-5-7-9-20)32-28(36)24-15-25(34)30-17-33(24)26(35)16-29(2,3)4/h5-13,15,17-18,23H,14,16H2,1-4H3,(H,32,36). The quantitative estimate of drug-likeness (QED) is 0.353. The van der Waals surface area contributed by atoms with Crippen LogP contribution >= 0.6 is 11.3 Å². The molecule has 0 aliphatic rings. The Morgan fingerprint density at radius 2 is 1.73 bits per heavy atom. The van der Waals surface area contributed by atoms with Gasteiger partial charge in [0.2, 0.25) is 5.91 Å². The van der Waals surface area contributed by atoms with Crippen molar-refractivity contribution in [3.63, 3.8) is 0 Å². The monoisotopic (exact) mass is 514 g/mol. The third-order valence-electron chi connectivity index (χ3n) is 5.91. The Hall–Kier alpha value is -3.91. The summed E-state index contributed by atoms with van der Waals surface area (Å²) in [6.45, 7) is 7.79. The molecular formula is C29H30N4O3S. The SMILES string of the molecule is Cc1ncsc1-c1ccc(C(Cc2ccccc2)NC(=O)c2cc(=O)ncn2C(=O)CC(C)(C)C)cc1. The zero-order valence-corrected chi connectivity index (χ0v) is 22.2. The van der Waals surface area contributed by atoms with Crippen LogP contribution in [-0.4, -0.2) is 26.3 Å². The molecule has 1 N–H and O–H groups in total. The number of rotatable bonds is 7.